The molecule has 2 aromatic rings. The average molecular weight is 287 g/mol. The smallest absolute Gasteiger partial charge is 0.337 e. The molecule has 1 aromatic carbocycles. The molecule has 7 nitrogen and oxygen atoms in total. The van der Waals surface area contributed by atoms with E-state index in [1.807, 2.05) is 31.2 Å². The van der Waals surface area contributed by atoms with E-state index in [1.165, 1.54) is 0 Å². The SMILES string of the molecule is Cc1ccccc1N(C)c1ncc(C(=O)O)cc1[N+](=O)[O-]. The molecular formula is C14H13N3O4. The molecule has 0 saturated carbocycles. The second-order valence-electron chi connectivity index (χ2n) is 4.47. The highest BCUT2D eigenvalue weighted by Gasteiger charge is 2.23. The molecule has 7 heteroatoms. The molecule has 0 aliphatic rings. The number of aromatic carboxylic acids is 1. The Labute approximate surface area is 120 Å². The number of carboxylic acid groups (broad SMARTS) is 1. The highest BCUT2D eigenvalue weighted by molar-refractivity contribution is 5.89. The van der Waals surface area contributed by atoms with E-state index in [0.29, 0.717) is 0 Å². The van der Waals surface area contributed by atoms with Crippen LogP contribution >= 0.6 is 0 Å². The highest BCUT2D eigenvalue weighted by atomic mass is 16.6. The molecule has 0 radical (unpaired) electrons. The maximum Gasteiger partial charge on any atom is 0.337 e. The molecule has 108 valence electrons. The Balaban J connectivity index is 2.55. The zero-order valence-electron chi connectivity index (χ0n) is 11.5. The van der Waals surface area contributed by atoms with E-state index < -0.39 is 10.9 Å². The first-order valence-corrected chi connectivity index (χ1v) is 6.09. The summed E-state index contributed by atoms with van der Waals surface area (Å²) in [5.41, 5.74) is 1.12. The van der Waals surface area contributed by atoms with Crippen molar-refractivity contribution in [2.24, 2.45) is 0 Å². The minimum atomic E-state index is -1.25. The summed E-state index contributed by atoms with van der Waals surface area (Å²) in [5.74, 6) is -1.16. The van der Waals surface area contributed by atoms with Gasteiger partial charge in [0.2, 0.25) is 5.82 Å². The topological polar surface area (TPSA) is 96.6 Å². The van der Waals surface area contributed by atoms with Crippen molar-refractivity contribution in [1.29, 1.82) is 0 Å². The van der Waals surface area contributed by atoms with Crippen LogP contribution < -0.4 is 4.90 Å². The van der Waals surface area contributed by atoms with Gasteiger partial charge in [-0.05, 0) is 18.6 Å². The first kappa shape index (κ1) is 14.4. The van der Waals surface area contributed by atoms with Crippen LogP contribution in [0.4, 0.5) is 17.2 Å². The lowest BCUT2D eigenvalue weighted by Crippen LogP contribution is -2.15. The second kappa shape index (κ2) is 5.58. The number of benzene rings is 1. The Morgan fingerprint density at radius 3 is 2.62 bits per heavy atom. The van der Waals surface area contributed by atoms with Crippen molar-refractivity contribution in [3.63, 3.8) is 0 Å². The summed E-state index contributed by atoms with van der Waals surface area (Å²) in [6.45, 7) is 1.88. The van der Waals surface area contributed by atoms with Crippen LogP contribution in [0.2, 0.25) is 0 Å². The molecule has 0 atom stereocenters. The summed E-state index contributed by atoms with van der Waals surface area (Å²) >= 11 is 0. The molecule has 0 fully saturated rings. The number of anilines is 2. The van der Waals surface area contributed by atoms with E-state index in [1.54, 1.807) is 11.9 Å². The third kappa shape index (κ3) is 2.81. The van der Waals surface area contributed by atoms with Crippen molar-refractivity contribution in [2.75, 3.05) is 11.9 Å². The summed E-state index contributed by atoms with van der Waals surface area (Å²) in [6.07, 6.45) is 1.11. The van der Waals surface area contributed by atoms with Crippen LogP contribution in [0, 0.1) is 17.0 Å². The summed E-state index contributed by atoms with van der Waals surface area (Å²) in [5, 5.41) is 20.1. The number of pyridine rings is 1. The first-order chi connectivity index (χ1) is 9.91. The maximum absolute atomic E-state index is 11.2. The van der Waals surface area contributed by atoms with Crippen molar-refractivity contribution in [3.8, 4) is 0 Å². The molecule has 0 amide bonds. The highest BCUT2D eigenvalue weighted by Crippen LogP contribution is 2.32. The maximum atomic E-state index is 11.2. The Hall–Kier alpha value is -2.96. The zero-order valence-corrected chi connectivity index (χ0v) is 11.5. The van der Waals surface area contributed by atoms with Crippen LogP contribution in [0.1, 0.15) is 15.9 Å². The van der Waals surface area contributed by atoms with Crippen LogP contribution in [0.5, 0.6) is 0 Å². The number of aromatic nitrogens is 1. The number of para-hydroxylation sites is 1. The minimum absolute atomic E-state index is 0.0966. The Morgan fingerprint density at radius 1 is 1.38 bits per heavy atom. The van der Waals surface area contributed by atoms with Crippen LogP contribution in [-0.2, 0) is 0 Å². The number of hydrogen-bond donors (Lipinski definition) is 1. The summed E-state index contributed by atoms with van der Waals surface area (Å²) in [4.78, 5) is 26.9. The van der Waals surface area contributed by atoms with Gasteiger partial charge in [-0.15, -0.1) is 0 Å². The molecule has 0 saturated heterocycles. The van der Waals surface area contributed by atoms with Crippen LogP contribution in [0.15, 0.2) is 36.5 Å². The lowest BCUT2D eigenvalue weighted by atomic mass is 10.2. The molecular weight excluding hydrogens is 274 g/mol. The molecule has 1 aromatic heterocycles. The van der Waals surface area contributed by atoms with Crippen molar-refractivity contribution < 1.29 is 14.8 Å². The Kier molecular flexibility index (Phi) is 3.84. The predicted octanol–water partition coefficient (Wildman–Crippen LogP) is 2.76. The molecule has 0 aliphatic carbocycles. The number of aryl methyl sites for hydroxylation is 1. The molecule has 0 bridgehead atoms. The third-order valence-electron chi connectivity index (χ3n) is 3.09. The number of nitro groups is 1. The lowest BCUT2D eigenvalue weighted by Gasteiger charge is -2.20. The molecule has 21 heavy (non-hydrogen) atoms. The van der Waals surface area contributed by atoms with Crippen molar-refractivity contribution in [2.45, 2.75) is 6.92 Å². The fraction of sp³-hybridized carbons (Fsp3) is 0.143. The fourth-order valence-electron chi connectivity index (χ4n) is 2.01. The first-order valence-electron chi connectivity index (χ1n) is 6.09. The molecule has 2 rings (SSSR count). The monoisotopic (exact) mass is 287 g/mol. The molecule has 0 unspecified atom stereocenters. The van der Waals surface area contributed by atoms with E-state index in [-0.39, 0.29) is 17.1 Å². The Morgan fingerprint density at radius 2 is 2.05 bits per heavy atom. The van der Waals surface area contributed by atoms with Crippen LogP contribution in [0.3, 0.4) is 0 Å². The van der Waals surface area contributed by atoms with Crippen molar-refractivity contribution >= 4 is 23.2 Å². The zero-order chi connectivity index (χ0) is 15.6. The third-order valence-corrected chi connectivity index (χ3v) is 3.09. The number of nitrogens with zero attached hydrogens (tertiary/aromatic N) is 3. The summed E-state index contributed by atoms with van der Waals surface area (Å²) < 4.78 is 0. The normalized spacial score (nSPS) is 10.2. The number of carbonyl (C=O) groups is 1. The second-order valence-corrected chi connectivity index (χ2v) is 4.47. The number of hydrogen-bond acceptors (Lipinski definition) is 5. The fourth-order valence-corrected chi connectivity index (χ4v) is 2.01. The van der Waals surface area contributed by atoms with Gasteiger partial charge < -0.3 is 10.0 Å². The van der Waals surface area contributed by atoms with Crippen LogP contribution in [-0.4, -0.2) is 28.0 Å². The van der Waals surface area contributed by atoms with Gasteiger partial charge in [-0.2, -0.15) is 0 Å². The van der Waals surface area contributed by atoms with Crippen LogP contribution in [0.25, 0.3) is 0 Å². The van der Waals surface area contributed by atoms with Gasteiger partial charge in [0.05, 0.1) is 10.5 Å². The molecule has 1 heterocycles. The quantitative estimate of drug-likeness (QED) is 0.686. The average Bonchev–Trinajstić information content (AvgIpc) is 2.46. The predicted molar refractivity (Wildman–Crippen MR) is 77.1 cm³/mol. The molecule has 1 N–H and O–H groups in total. The van der Waals surface area contributed by atoms with Gasteiger partial charge in [0.15, 0.2) is 0 Å². The standard InChI is InChI=1S/C14H13N3O4/c1-9-5-3-4-6-11(9)16(2)13-12(17(20)21)7-10(8-15-13)14(18)19/h3-8H,1-2H3,(H,18,19). The van der Waals surface area contributed by atoms with Crippen molar-refractivity contribution in [3.05, 3.63) is 57.8 Å². The number of rotatable bonds is 4. The van der Waals surface area contributed by atoms with Gasteiger partial charge in [-0.1, -0.05) is 18.2 Å². The van der Waals surface area contributed by atoms with Crippen molar-refractivity contribution in [1.82, 2.24) is 4.98 Å². The van der Waals surface area contributed by atoms with Gasteiger partial charge in [0, 0.05) is 25.0 Å². The van der Waals surface area contributed by atoms with Gasteiger partial charge in [-0.3, -0.25) is 10.1 Å². The lowest BCUT2D eigenvalue weighted by molar-refractivity contribution is -0.384. The molecule has 0 aliphatic heterocycles. The van der Waals surface area contributed by atoms with E-state index >= 15 is 0 Å². The molecule has 0 spiro atoms. The van der Waals surface area contributed by atoms with E-state index in [2.05, 4.69) is 4.98 Å². The van der Waals surface area contributed by atoms with Gasteiger partial charge >= 0.3 is 11.7 Å². The van der Waals surface area contributed by atoms with E-state index in [4.69, 9.17) is 5.11 Å². The summed E-state index contributed by atoms with van der Waals surface area (Å²) in [6, 6.07) is 8.38. The van der Waals surface area contributed by atoms with Gasteiger partial charge in [0.25, 0.3) is 0 Å². The van der Waals surface area contributed by atoms with Gasteiger partial charge in [0.1, 0.15) is 0 Å². The number of carboxylic acids is 1. The minimum Gasteiger partial charge on any atom is -0.478 e. The van der Waals surface area contributed by atoms with E-state index in [9.17, 15) is 14.9 Å². The van der Waals surface area contributed by atoms with E-state index in [0.717, 1.165) is 23.5 Å². The van der Waals surface area contributed by atoms with Gasteiger partial charge in [-0.25, -0.2) is 9.78 Å². The summed E-state index contributed by atoms with van der Waals surface area (Å²) in [7, 11) is 1.65. The Bertz CT molecular complexity index is 715. The largest absolute Gasteiger partial charge is 0.478 e.